The van der Waals surface area contributed by atoms with E-state index in [1.54, 1.807) is 19.1 Å². The fraction of sp³-hybridized carbons (Fsp3) is 0.571. The lowest BCUT2D eigenvalue weighted by molar-refractivity contribution is 0.0811. The summed E-state index contributed by atoms with van der Waals surface area (Å²) in [5.74, 6) is 0.168. The third-order valence-electron chi connectivity index (χ3n) is 3.23. The summed E-state index contributed by atoms with van der Waals surface area (Å²) in [6, 6.07) is 5.84. The Morgan fingerprint density at radius 2 is 2.18 bits per heavy atom. The molecule has 0 heterocycles. The molecule has 1 aliphatic carbocycles. The number of hydrogen-bond donors (Lipinski definition) is 1. The molecule has 0 unspecified atom stereocenters. The van der Waals surface area contributed by atoms with Crippen LogP contribution in [0.5, 0.6) is 5.75 Å². The highest BCUT2D eigenvalue weighted by Gasteiger charge is 2.30. The van der Waals surface area contributed by atoms with Gasteiger partial charge in [0.15, 0.2) is 11.6 Å². The van der Waals surface area contributed by atoms with Crippen molar-refractivity contribution in [3.05, 3.63) is 29.6 Å². The molecule has 0 bridgehead atoms. The summed E-state index contributed by atoms with van der Waals surface area (Å²) in [6.07, 6.45) is 3.27. The van der Waals surface area contributed by atoms with Gasteiger partial charge in [0, 0.05) is 6.04 Å². The van der Waals surface area contributed by atoms with E-state index in [2.05, 4.69) is 12.2 Å². The lowest BCUT2D eigenvalue weighted by Crippen LogP contribution is -2.47. The summed E-state index contributed by atoms with van der Waals surface area (Å²) < 4.78 is 19.3. The molecule has 0 amide bonds. The van der Waals surface area contributed by atoms with Crippen molar-refractivity contribution >= 4 is 0 Å². The number of benzene rings is 1. The van der Waals surface area contributed by atoms with E-state index in [0.29, 0.717) is 17.4 Å². The van der Waals surface area contributed by atoms with Crippen LogP contribution in [0.15, 0.2) is 18.2 Å². The number of nitrogens with one attached hydrogen (secondary N) is 1. The molecule has 1 saturated carbocycles. The first-order chi connectivity index (χ1) is 8.20. The molecule has 0 aliphatic heterocycles. The van der Waals surface area contributed by atoms with Crippen molar-refractivity contribution in [1.29, 1.82) is 0 Å². The molecular weight excluding hydrogens is 217 g/mol. The molecular formula is C14H20FNO. The van der Waals surface area contributed by atoms with Gasteiger partial charge in [-0.05, 0) is 44.4 Å². The molecule has 0 aromatic heterocycles. The average Bonchev–Trinajstić information content (AvgIpc) is 2.27. The number of aryl methyl sites for hydroxylation is 1. The van der Waals surface area contributed by atoms with Gasteiger partial charge in [0.25, 0.3) is 0 Å². The number of halogens is 1. The van der Waals surface area contributed by atoms with Gasteiger partial charge in [0.2, 0.25) is 0 Å². The first-order valence-electron chi connectivity index (χ1n) is 6.36. The second-order valence-corrected chi connectivity index (χ2v) is 4.75. The van der Waals surface area contributed by atoms with Crippen LogP contribution >= 0.6 is 0 Å². The Labute approximate surface area is 102 Å². The SMILES string of the molecule is CCCNC1CC(Oc2cccc(C)c2F)C1. The van der Waals surface area contributed by atoms with Crippen LogP contribution in [0.4, 0.5) is 4.39 Å². The van der Waals surface area contributed by atoms with Gasteiger partial charge in [-0.25, -0.2) is 4.39 Å². The van der Waals surface area contributed by atoms with Crippen molar-refractivity contribution in [2.75, 3.05) is 6.54 Å². The molecule has 2 rings (SSSR count). The van der Waals surface area contributed by atoms with Gasteiger partial charge in [0.05, 0.1) is 0 Å². The molecule has 1 aromatic rings. The molecule has 94 valence electrons. The zero-order chi connectivity index (χ0) is 12.3. The van der Waals surface area contributed by atoms with Gasteiger partial charge in [-0.3, -0.25) is 0 Å². The minimum atomic E-state index is -0.225. The van der Waals surface area contributed by atoms with Crippen molar-refractivity contribution < 1.29 is 9.13 Å². The predicted octanol–water partition coefficient (Wildman–Crippen LogP) is 3.04. The Balaban J connectivity index is 1.82. The van der Waals surface area contributed by atoms with Crippen LogP contribution in [-0.4, -0.2) is 18.7 Å². The van der Waals surface area contributed by atoms with Crippen molar-refractivity contribution in [2.24, 2.45) is 0 Å². The van der Waals surface area contributed by atoms with Gasteiger partial charge >= 0.3 is 0 Å². The molecule has 1 fully saturated rings. The van der Waals surface area contributed by atoms with E-state index in [-0.39, 0.29) is 11.9 Å². The highest BCUT2D eigenvalue weighted by Crippen LogP contribution is 2.28. The first kappa shape index (κ1) is 12.4. The molecule has 0 saturated heterocycles. The van der Waals surface area contributed by atoms with Crippen molar-refractivity contribution in [3.8, 4) is 5.75 Å². The summed E-state index contributed by atoms with van der Waals surface area (Å²) in [4.78, 5) is 0. The molecule has 1 aromatic carbocycles. The standard InChI is InChI=1S/C14H20FNO/c1-3-7-16-11-8-12(9-11)17-13-6-4-5-10(2)14(13)15/h4-6,11-12,16H,3,7-9H2,1-2H3. The Morgan fingerprint density at radius 1 is 1.41 bits per heavy atom. The van der Waals surface area contributed by atoms with Gasteiger partial charge in [-0.15, -0.1) is 0 Å². The topological polar surface area (TPSA) is 21.3 Å². The number of ether oxygens (including phenoxy) is 1. The summed E-state index contributed by atoms with van der Waals surface area (Å²) in [7, 11) is 0. The lowest BCUT2D eigenvalue weighted by atomic mass is 9.89. The molecule has 0 atom stereocenters. The fourth-order valence-corrected chi connectivity index (χ4v) is 2.07. The van der Waals surface area contributed by atoms with E-state index in [1.807, 2.05) is 6.07 Å². The Morgan fingerprint density at radius 3 is 2.88 bits per heavy atom. The Hall–Kier alpha value is -1.09. The second-order valence-electron chi connectivity index (χ2n) is 4.75. The molecule has 0 spiro atoms. The minimum Gasteiger partial charge on any atom is -0.487 e. The van der Waals surface area contributed by atoms with Crippen LogP contribution in [0.3, 0.4) is 0 Å². The summed E-state index contributed by atoms with van der Waals surface area (Å²) in [5, 5.41) is 3.44. The molecule has 1 aliphatic rings. The lowest BCUT2D eigenvalue weighted by Gasteiger charge is -2.36. The van der Waals surface area contributed by atoms with Gasteiger partial charge in [-0.2, -0.15) is 0 Å². The zero-order valence-corrected chi connectivity index (χ0v) is 10.5. The highest BCUT2D eigenvalue weighted by molar-refractivity contribution is 5.30. The van der Waals surface area contributed by atoms with Crippen molar-refractivity contribution in [1.82, 2.24) is 5.32 Å². The minimum absolute atomic E-state index is 0.167. The normalized spacial score (nSPS) is 23.2. The summed E-state index contributed by atoms with van der Waals surface area (Å²) in [5.41, 5.74) is 0.641. The first-order valence-corrected chi connectivity index (χ1v) is 6.36. The molecule has 0 radical (unpaired) electrons. The van der Waals surface area contributed by atoms with Gasteiger partial charge in [-0.1, -0.05) is 19.1 Å². The highest BCUT2D eigenvalue weighted by atomic mass is 19.1. The Bertz CT molecular complexity index is 374. The van der Waals surface area contributed by atoms with E-state index in [1.165, 1.54) is 0 Å². The van der Waals surface area contributed by atoms with Crippen molar-refractivity contribution in [2.45, 2.75) is 45.3 Å². The molecule has 17 heavy (non-hydrogen) atoms. The summed E-state index contributed by atoms with van der Waals surface area (Å²) in [6.45, 7) is 4.96. The van der Waals surface area contributed by atoms with E-state index < -0.39 is 0 Å². The van der Waals surface area contributed by atoms with Crippen LogP contribution in [0.2, 0.25) is 0 Å². The maximum absolute atomic E-state index is 13.7. The maximum atomic E-state index is 13.7. The van der Waals surface area contributed by atoms with Crippen LogP contribution in [0.1, 0.15) is 31.7 Å². The van der Waals surface area contributed by atoms with E-state index in [0.717, 1.165) is 25.8 Å². The van der Waals surface area contributed by atoms with Crippen LogP contribution in [0.25, 0.3) is 0 Å². The molecule has 3 heteroatoms. The number of hydrogen-bond acceptors (Lipinski definition) is 2. The summed E-state index contributed by atoms with van der Waals surface area (Å²) >= 11 is 0. The smallest absolute Gasteiger partial charge is 0.167 e. The maximum Gasteiger partial charge on any atom is 0.167 e. The second kappa shape index (κ2) is 5.50. The quantitative estimate of drug-likeness (QED) is 0.850. The van der Waals surface area contributed by atoms with E-state index in [9.17, 15) is 4.39 Å². The van der Waals surface area contributed by atoms with Crippen molar-refractivity contribution in [3.63, 3.8) is 0 Å². The largest absolute Gasteiger partial charge is 0.487 e. The van der Waals surface area contributed by atoms with Gasteiger partial charge < -0.3 is 10.1 Å². The third kappa shape index (κ3) is 2.97. The third-order valence-corrected chi connectivity index (χ3v) is 3.23. The molecule has 2 nitrogen and oxygen atoms in total. The molecule has 1 N–H and O–H groups in total. The van der Waals surface area contributed by atoms with E-state index in [4.69, 9.17) is 4.74 Å². The van der Waals surface area contributed by atoms with Crippen LogP contribution in [0, 0.1) is 12.7 Å². The average molecular weight is 237 g/mol. The Kier molecular flexibility index (Phi) is 4.00. The predicted molar refractivity (Wildman–Crippen MR) is 66.9 cm³/mol. The van der Waals surface area contributed by atoms with Crippen LogP contribution < -0.4 is 10.1 Å². The number of rotatable bonds is 5. The zero-order valence-electron chi connectivity index (χ0n) is 10.5. The van der Waals surface area contributed by atoms with Gasteiger partial charge in [0.1, 0.15) is 6.10 Å². The fourth-order valence-electron chi connectivity index (χ4n) is 2.07. The van der Waals surface area contributed by atoms with E-state index >= 15 is 0 Å². The van der Waals surface area contributed by atoms with Crippen LogP contribution in [-0.2, 0) is 0 Å². The monoisotopic (exact) mass is 237 g/mol.